The first-order valence-corrected chi connectivity index (χ1v) is 18.7. The Morgan fingerprint density at radius 3 is 1.94 bits per heavy atom. The number of hydrogen-bond acceptors (Lipinski definition) is 12. The number of nitrogens with one attached hydrogen (secondary N) is 2. The highest BCUT2D eigenvalue weighted by Gasteiger charge is 2.48. The number of aromatic amines is 1. The zero-order valence-electron chi connectivity index (χ0n) is 33.3. The third-order valence-corrected chi connectivity index (χ3v) is 9.98. The van der Waals surface area contributed by atoms with Crippen LogP contribution in [0, 0.1) is 11.3 Å². The number of rotatable bonds is 9. The van der Waals surface area contributed by atoms with Crippen LogP contribution in [-0.4, -0.2) is 122 Å². The van der Waals surface area contributed by atoms with Crippen molar-refractivity contribution in [2.75, 3.05) is 13.1 Å². The first-order chi connectivity index (χ1) is 30.0. The number of hydrogen-bond donors (Lipinski definition) is 5. The number of aromatic nitrogens is 7. The number of halogens is 12. The zero-order chi connectivity index (χ0) is 48.8. The lowest BCUT2D eigenvalue weighted by molar-refractivity contribution is -0.193. The Balaban J connectivity index is 0.000000366. The molecule has 5 heterocycles. The van der Waals surface area contributed by atoms with E-state index in [1.54, 1.807) is 6.20 Å². The average molecular weight is 949 g/mol. The molecule has 0 amide bonds. The molecule has 65 heavy (non-hydrogen) atoms. The van der Waals surface area contributed by atoms with Gasteiger partial charge in [0.2, 0.25) is 11.7 Å². The van der Waals surface area contributed by atoms with Crippen molar-refractivity contribution in [1.82, 2.24) is 44.9 Å². The van der Waals surface area contributed by atoms with Crippen LogP contribution in [-0.2, 0) is 32.6 Å². The largest absolute Gasteiger partial charge is 0.490 e. The summed E-state index contributed by atoms with van der Waals surface area (Å²) in [4.78, 5) is 48.3. The second-order valence-electron chi connectivity index (χ2n) is 15.0. The van der Waals surface area contributed by atoms with Crippen molar-refractivity contribution in [3.63, 3.8) is 0 Å². The SMILES string of the molecule is CC1(NCc2cc(OC3CCC(N4CC(CC#N)(n5cc(-c6ncnc7[nH]ccc67)cn5)C4)CC3)nc(C(F)(F)F)n2)CC1.O=C(O)C(F)(F)F.O=C(O)C(F)(F)F.O=C(O)C(F)(F)F. The summed E-state index contributed by atoms with van der Waals surface area (Å²) in [6.07, 6.45) is -7.62. The van der Waals surface area contributed by atoms with Gasteiger partial charge in [0.15, 0.2) is 0 Å². The molecule has 17 nitrogen and oxygen atoms in total. The van der Waals surface area contributed by atoms with Crippen LogP contribution < -0.4 is 10.1 Å². The summed E-state index contributed by atoms with van der Waals surface area (Å²) in [6.45, 7) is 3.66. The summed E-state index contributed by atoms with van der Waals surface area (Å²) in [5, 5.41) is 39.9. The molecule has 0 unspecified atom stereocenters. The Morgan fingerprint density at radius 2 is 1.45 bits per heavy atom. The number of alkyl halides is 12. The number of carboxylic acids is 3. The van der Waals surface area contributed by atoms with Crippen LogP contribution in [0.2, 0.25) is 0 Å². The number of carboxylic acid groups (broad SMARTS) is 3. The second-order valence-corrected chi connectivity index (χ2v) is 15.0. The molecule has 1 aliphatic heterocycles. The Bertz CT molecular complexity index is 2270. The van der Waals surface area contributed by atoms with Crippen LogP contribution >= 0.6 is 0 Å². The average Bonchev–Trinajstić information content (AvgIpc) is 3.51. The van der Waals surface area contributed by atoms with E-state index in [0.29, 0.717) is 38.4 Å². The molecule has 4 aromatic heterocycles. The molecule has 5 N–H and O–H groups in total. The van der Waals surface area contributed by atoms with Crippen LogP contribution in [0.25, 0.3) is 22.3 Å². The molecule has 3 fully saturated rings. The molecule has 0 aromatic carbocycles. The molecular formula is C36H36F12N10O7. The molecule has 0 spiro atoms. The summed E-state index contributed by atoms with van der Waals surface area (Å²) in [5.41, 5.74) is 2.22. The highest BCUT2D eigenvalue weighted by atomic mass is 19.4. The van der Waals surface area contributed by atoms with Crippen LogP contribution in [0.1, 0.15) is 63.4 Å². The van der Waals surface area contributed by atoms with Crippen molar-refractivity contribution in [3.8, 4) is 23.2 Å². The molecule has 7 rings (SSSR count). The van der Waals surface area contributed by atoms with E-state index in [1.807, 2.05) is 30.1 Å². The van der Waals surface area contributed by atoms with Gasteiger partial charge in [-0.05, 0) is 51.5 Å². The fourth-order valence-electron chi connectivity index (χ4n) is 6.38. The minimum absolute atomic E-state index is 0.0272. The van der Waals surface area contributed by atoms with Crippen molar-refractivity contribution >= 4 is 28.9 Å². The molecule has 29 heteroatoms. The number of likely N-dealkylation sites (tertiary alicyclic amines) is 1. The van der Waals surface area contributed by atoms with E-state index in [0.717, 1.165) is 48.0 Å². The minimum atomic E-state index is -5.08. The van der Waals surface area contributed by atoms with E-state index in [4.69, 9.17) is 34.4 Å². The van der Waals surface area contributed by atoms with Gasteiger partial charge in [-0.25, -0.2) is 29.3 Å². The Morgan fingerprint density at radius 1 is 0.892 bits per heavy atom. The summed E-state index contributed by atoms with van der Waals surface area (Å²) >= 11 is 0. The Hall–Kier alpha value is -6.31. The van der Waals surface area contributed by atoms with Gasteiger partial charge in [0.05, 0.1) is 30.1 Å². The first kappa shape index (κ1) is 51.3. The van der Waals surface area contributed by atoms with E-state index >= 15 is 0 Å². The van der Waals surface area contributed by atoms with Gasteiger partial charge in [0.25, 0.3) is 0 Å². The quantitative estimate of drug-likeness (QED) is 0.113. The summed E-state index contributed by atoms with van der Waals surface area (Å²) in [7, 11) is 0. The third-order valence-electron chi connectivity index (χ3n) is 9.98. The lowest BCUT2D eigenvalue weighted by Gasteiger charge is -2.53. The highest BCUT2D eigenvalue weighted by Crippen LogP contribution is 2.39. The van der Waals surface area contributed by atoms with E-state index in [9.17, 15) is 57.9 Å². The predicted molar refractivity (Wildman–Crippen MR) is 194 cm³/mol. The molecule has 0 bridgehead atoms. The molecule has 0 radical (unpaired) electrons. The van der Waals surface area contributed by atoms with Crippen molar-refractivity contribution in [2.45, 2.75) is 106 Å². The molecule has 4 aromatic rings. The topological polar surface area (TPSA) is 245 Å². The fraction of sp³-hybridized carbons (Fsp3) is 0.528. The standard InChI is InChI=1S/C30H33F3N10O.3C2HF3O2/c1-28(7-8-28)38-14-20-12-24(41-27(40-20)30(31,32)33)44-22-4-2-21(3-5-22)42-16-29(17-42,9-10-34)43-15-19(13-39-43)25-23-6-11-35-26(23)37-18-36-25;3*3-2(4,5)1(6)7/h6,11-13,15,18,21-22,38H,2-5,7-9,14,16-17H2,1H3,(H,35,36,37);3*(H,6,7). The monoisotopic (exact) mass is 948 g/mol. The maximum absolute atomic E-state index is 13.5. The molecule has 1 saturated heterocycles. The number of H-pyrrole nitrogens is 1. The number of fused-ring (bicyclic) bond motifs is 1. The van der Waals surface area contributed by atoms with E-state index < -0.39 is 54.0 Å². The number of carbonyl (C=O) groups is 3. The molecule has 2 saturated carbocycles. The summed E-state index contributed by atoms with van der Waals surface area (Å²) in [5.74, 6) is -9.47. The van der Waals surface area contributed by atoms with Gasteiger partial charge >= 0.3 is 42.6 Å². The van der Waals surface area contributed by atoms with Gasteiger partial charge in [-0.2, -0.15) is 68.0 Å². The smallest absolute Gasteiger partial charge is 0.475 e. The van der Waals surface area contributed by atoms with E-state index in [1.165, 1.54) is 12.4 Å². The van der Waals surface area contributed by atoms with Crippen molar-refractivity contribution < 1.29 is 87.1 Å². The van der Waals surface area contributed by atoms with Gasteiger partial charge in [-0.1, -0.05) is 0 Å². The van der Waals surface area contributed by atoms with Crippen LogP contribution in [0.15, 0.2) is 37.1 Å². The highest BCUT2D eigenvalue weighted by molar-refractivity contribution is 5.90. The number of ether oxygens (including phenoxy) is 1. The van der Waals surface area contributed by atoms with Gasteiger partial charge in [-0.3, -0.25) is 9.58 Å². The second kappa shape index (κ2) is 19.8. The van der Waals surface area contributed by atoms with Crippen LogP contribution in [0.3, 0.4) is 0 Å². The number of nitriles is 1. The van der Waals surface area contributed by atoms with Crippen molar-refractivity contribution in [2.24, 2.45) is 0 Å². The van der Waals surface area contributed by atoms with E-state index in [2.05, 4.69) is 46.3 Å². The minimum Gasteiger partial charge on any atom is -0.475 e. The lowest BCUT2D eigenvalue weighted by atomic mass is 9.82. The van der Waals surface area contributed by atoms with Crippen LogP contribution in [0.5, 0.6) is 5.88 Å². The van der Waals surface area contributed by atoms with Crippen molar-refractivity contribution in [1.29, 1.82) is 5.26 Å². The maximum atomic E-state index is 13.5. The molecular weight excluding hydrogens is 912 g/mol. The summed E-state index contributed by atoms with van der Waals surface area (Å²) < 4.78 is 144. The number of aliphatic carboxylic acids is 3. The third kappa shape index (κ3) is 14.3. The summed E-state index contributed by atoms with van der Waals surface area (Å²) in [6, 6.07) is 6.10. The van der Waals surface area contributed by atoms with Crippen LogP contribution in [0.4, 0.5) is 52.7 Å². The Kier molecular flexibility index (Phi) is 15.7. The van der Waals surface area contributed by atoms with Gasteiger partial charge in [-0.15, -0.1) is 0 Å². The number of nitrogens with zero attached hydrogens (tertiary/aromatic N) is 8. The zero-order valence-corrected chi connectivity index (χ0v) is 33.3. The fourth-order valence-corrected chi connectivity index (χ4v) is 6.38. The van der Waals surface area contributed by atoms with Crippen molar-refractivity contribution in [3.05, 3.63) is 48.6 Å². The molecule has 2 aliphatic carbocycles. The molecule has 356 valence electrons. The van der Waals surface area contributed by atoms with Gasteiger partial charge in [0.1, 0.15) is 23.6 Å². The first-order valence-electron chi connectivity index (χ1n) is 18.7. The maximum Gasteiger partial charge on any atom is 0.490 e. The molecule has 0 atom stereocenters. The predicted octanol–water partition coefficient (Wildman–Crippen LogP) is 6.49. The lowest BCUT2D eigenvalue weighted by Crippen LogP contribution is -2.65. The normalized spacial score (nSPS) is 19.1. The van der Waals surface area contributed by atoms with Gasteiger partial charge in [0, 0.05) is 60.6 Å². The van der Waals surface area contributed by atoms with E-state index in [-0.39, 0.29) is 29.8 Å². The Labute approximate surface area is 357 Å². The molecule has 3 aliphatic rings. The van der Waals surface area contributed by atoms with Gasteiger partial charge < -0.3 is 30.4 Å².